The van der Waals surface area contributed by atoms with Gasteiger partial charge < -0.3 is 9.47 Å². The van der Waals surface area contributed by atoms with Gasteiger partial charge in [-0.1, -0.05) is 0 Å². The van der Waals surface area contributed by atoms with Crippen LogP contribution in [-0.2, 0) is 9.47 Å². The molecule has 0 atom stereocenters. The smallest absolute Gasteiger partial charge is 0.227 e. The van der Waals surface area contributed by atoms with Gasteiger partial charge in [0.1, 0.15) is 26.4 Å². The first-order chi connectivity index (χ1) is 6.95. The van der Waals surface area contributed by atoms with E-state index in [1.54, 1.807) is 0 Å². The summed E-state index contributed by atoms with van der Waals surface area (Å²) in [5.74, 6) is 0. The van der Waals surface area contributed by atoms with Gasteiger partial charge in [-0.25, -0.2) is 9.15 Å². The van der Waals surface area contributed by atoms with Crippen LogP contribution < -0.4 is 0 Å². The Morgan fingerprint density at radius 3 is 1.36 bits per heavy atom. The standard InChI is InChI=1S/C10H18N2O2/c1(11-3-7-13-8-4-11)2-12-5-9-14-10-6-12/h1-2H,3-10H2/q+2. The van der Waals surface area contributed by atoms with Crippen LogP contribution in [0.5, 0.6) is 0 Å². The van der Waals surface area contributed by atoms with Crippen LogP contribution >= 0.6 is 0 Å². The van der Waals surface area contributed by atoms with Crippen molar-refractivity contribution < 1.29 is 18.6 Å². The summed E-state index contributed by atoms with van der Waals surface area (Å²) in [7, 11) is 0. The maximum atomic E-state index is 5.28. The normalized spacial score (nSPS) is 23.4. The topological polar surface area (TPSA) is 24.5 Å². The Bertz CT molecular complexity index is 207. The highest BCUT2D eigenvalue weighted by atomic mass is 16.5. The van der Waals surface area contributed by atoms with Crippen molar-refractivity contribution in [3.8, 4) is 0 Å². The van der Waals surface area contributed by atoms with Crippen LogP contribution in [0.4, 0.5) is 0 Å². The molecule has 0 saturated carbocycles. The molecule has 14 heavy (non-hydrogen) atoms. The molecule has 2 rings (SSSR count). The van der Waals surface area contributed by atoms with E-state index in [1.807, 2.05) is 0 Å². The number of morpholine rings is 2. The summed E-state index contributed by atoms with van der Waals surface area (Å²) in [5, 5.41) is 0. The zero-order valence-electron chi connectivity index (χ0n) is 8.52. The molecule has 2 aliphatic rings. The van der Waals surface area contributed by atoms with Gasteiger partial charge in [0, 0.05) is 0 Å². The van der Waals surface area contributed by atoms with E-state index in [-0.39, 0.29) is 0 Å². The van der Waals surface area contributed by atoms with E-state index in [0.29, 0.717) is 0 Å². The minimum atomic E-state index is 0.855. The lowest BCUT2D eigenvalue weighted by atomic mass is 10.4. The number of nitrogens with zero attached hydrogens (tertiary/aromatic N) is 2. The highest BCUT2D eigenvalue weighted by Crippen LogP contribution is 1.88. The molecule has 4 heteroatoms. The molecule has 0 amide bonds. The summed E-state index contributed by atoms with van der Waals surface area (Å²) in [5.41, 5.74) is 0. The Morgan fingerprint density at radius 1 is 0.643 bits per heavy atom. The molecule has 78 valence electrons. The van der Waals surface area contributed by atoms with E-state index in [1.165, 1.54) is 0 Å². The molecular formula is C10H18N2O2+2. The fourth-order valence-electron chi connectivity index (χ4n) is 1.64. The number of rotatable bonds is 1. The summed E-state index contributed by atoms with van der Waals surface area (Å²) in [4.78, 5) is 0. The van der Waals surface area contributed by atoms with Crippen molar-refractivity contribution in [2.75, 3.05) is 52.6 Å². The molecular weight excluding hydrogens is 180 g/mol. The summed E-state index contributed by atoms with van der Waals surface area (Å²) in [6, 6.07) is 0. The van der Waals surface area contributed by atoms with Crippen LogP contribution in [0.3, 0.4) is 0 Å². The van der Waals surface area contributed by atoms with Crippen LogP contribution in [0, 0.1) is 0 Å². The molecule has 0 N–H and O–H groups in total. The Labute approximate surface area is 84.4 Å². The van der Waals surface area contributed by atoms with Gasteiger partial charge in [-0.15, -0.1) is 0 Å². The molecule has 0 spiro atoms. The third-order valence-corrected chi connectivity index (χ3v) is 2.58. The minimum Gasteiger partial charge on any atom is -0.368 e. The monoisotopic (exact) mass is 198 g/mol. The van der Waals surface area contributed by atoms with E-state index in [9.17, 15) is 0 Å². The average Bonchev–Trinajstić information content (AvgIpc) is 2.29. The first-order valence-electron chi connectivity index (χ1n) is 5.27. The van der Waals surface area contributed by atoms with Crippen molar-refractivity contribution in [2.45, 2.75) is 0 Å². The van der Waals surface area contributed by atoms with Gasteiger partial charge in [-0.05, 0) is 0 Å². The van der Waals surface area contributed by atoms with Crippen molar-refractivity contribution in [2.24, 2.45) is 0 Å². The molecule has 2 aliphatic heterocycles. The lowest BCUT2D eigenvalue weighted by Crippen LogP contribution is -2.33. The number of hydrogen-bond acceptors (Lipinski definition) is 2. The van der Waals surface area contributed by atoms with Gasteiger partial charge in [0.25, 0.3) is 0 Å². The second-order valence-electron chi connectivity index (χ2n) is 3.59. The third kappa shape index (κ3) is 2.89. The molecule has 2 saturated heterocycles. The Hall–Kier alpha value is -0.740. The summed E-state index contributed by atoms with van der Waals surface area (Å²) < 4.78 is 15.2. The molecule has 0 bridgehead atoms. The van der Waals surface area contributed by atoms with Gasteiger partial charge in [0.15, 0.2) is 26.2 Å². The Morgan fingerprint density at radius 2 is 1.00 bits per heavy atom. The quantitative estimate of drug-likeness (QED) is 0.516. The molecule has 0 radical (unpaired) electrons. The molecule has 2 fully saturated rings. The lowest BCUT2D eigenvalue weighted by Gasteiger charge is -2.10. The molecule has 0 aromatic rings. The van der Waals surface area contributed by atoms with E-state index < -0.39 is 0 Å². The van der Waals surface area contributed by atoms with Crippen LogP contribution in [0.25, 0.3) is 0 Å². The molecule has 2 heterocycles. The first-order valence-corrected chi connectivity index (χ1v) is 5.27. The maximum absolute atomic E-state index is 5.28. The zero-order valence-corrected chi connectivity index (χ0v) is 8.52. The van der Waals surface area contributed by atoms with Crippen molar-refractivity contribution in [1.82, 2.24) is 0 Å². The average molecular weight is 198 g/mol. The van der Waals surface area contributed by atoms with E-state index in [0.717, 1.165) is 52.6 Å². The van der Waals surface area contributed by atoms with Gasteiger partial charge in [0.05, 0.1) is 0 Å². The van der Waals surface area contributed by atoms with Gasteiger partial charge in [-0.3, -0.25) is 0 Å². The number of ether oxygens (including phenoxy) is 2. The maximum Gasteiger partial charge on any atom is 0.227 e. The van der Waals surface area contributed by atoms with Crippen LogP contribution in [0.1, 0.15) is 0 Å². The second-order valence-corrected chi connectivity index (χ2v) is 3.59. The van der Waals surface area contributed by atoms with Crippen molar-refractivity contribution in [3.05, 3.63) is 0 Å². The van der Waals surface area contributed by atoms with Gasteiger partial charge in [0.2, 0.25) is 12.4 Å². The lowest BCUT2D eigenvalue weighted by molar-refractivity contribution is -0.555. The molecule has 0 aromatic heterocycles. The van der Waals surface area contributed by atoms with E-state index in [4.69, 9.17) is 9.47 Å². The predicted molar refractivity (Wildman–Crippen MR) is 53.8 cm³/mol. The minimum absolute atomic E-state index is 0.855. The Balaban J connectivity index is 1.88. The summed E-state index contributed by atoms with van der Waals surface area (Å²) in [6.45, 7) is 7.48. The highest BCUT2D eigenvalue weighted by molar-refractivity contribution is 6.10. The second kappa shape index (κ2) is 5.22. The number of hydrogen-bond donors (Lipinski definition) is 0. The molecule has 0 aromatic carbocycles. The fourth-order valence-corrected chi connectivity index (χ4v) is 1.64. The van der Waals surface area contributed by atoms with E-state index >= 15 is 0 Å². The largest absolute Gasteiger partial charge is 0.368 e. The molecule has 4 nitrogen and oxygen atoms in total. The first kappa shape index (κ1) is 9.80. The third-order valence-electron chi connectivity index (χ3n) is 2.58. The van der Waals surface area contributed by atoms with Crippen molar-refractivity contribution in [1.29, 1.82) is 0 Å². The van der Waals surface area contributed by atoms with Gasteiger partial charge in [-0.2, -0.15) is 0 Å². The Kier molecular flexibility index (Phi) is 3.65. The van der Waals surface area contributed by atoms with Crippen LogP contribution in [0.2, 0.25) is 0 Å². The van der Waals surface area contributed by atoms with Crippen molar-refractivity contribution >= 4 is 12.4 Å². The van der Waals surface area contributed by atoms with Crippen LogP contribution in [0.15, 0.2) is 0 Å². The van der Waals surface area contributed by atoms with E-state index in [2.05, 4.69) is 21.6 Å². The summed E-state index contributed by atoms with van der Waals surface area (Å²) >= 11 is 0. The zero-order chi connectivity index (χ0) is 9.64. The molecule has 0 aliphatic carbocycles. The SMILES string of the molecule is C(C=[N+]1CCOCC1)=[N+]1CCOCC1. The highest BCUT2D eigenvalue weighted by Gasteiger charge is 2.13. The molecule has 0 unspecified atom stereocenters. The predicted octanol–water partition coefficient (Wildman–Crippen LogP) is -0.787. The van der Waals surface area contributed by atoms with Crippen molar-refractivity contribution in [3.63, 3.8) is 0 Å². The summed E-state index contributed by atoms with van der Waals surface area (Å²) in [6.07, 6.45) is 4.35. The van der Waals surface area contributed by atoms with Crippen LogP contribution in [-0.4, -0.2) is 74.2 Å². The fraction of sp³-hybridized carbons (Fsp3) is 0.800. The van der Waals surface area contributed by atoms with Gasteiger partial charge >= 0.3 is 0 Å².